The number of aromatic nitrogens is 1. The maximum atomic E-state index is 11.3. The third-order valence-corrected chi connectivity index (χ3v) is 1.88. The Morgan fingerprint density at radius 3 is 2.92 bits per heavy atom. The highest BCUT2D eigenvalue weighted by atomic mass is 35.5. The van der Waals surface area contributed by atoms with Crippen molar-refractivity contribution in [2.75, 3.05) is 0 Å². The molecule has 0 saturated heterocycles. The third-order valence-electron chi connectivity index (χ3n) is 1.57. The molecule has 0 bridgehead atoms. The van der Waals surface area contributed by atoms with Crippen molar-refractivity contribution in [1.29, 1.82) is 5.26 Å². The van der Waals surface area contributed by atoms with Gasteiger partial charge in [0.25, 0.3) is 5.56 Å². The van der Waals surface area contributed by atoms with Crippen molar-refractivity contribution in [1.82, 2.24) is 4.57 Å². The van der Waals surface area contributed by atoms with Gasteiger partial charge >= 0.3 is 0 Å². The fraction of sp³-hybridized carbons (Fsp3) is 0.250. The summed E-state index contributed by atoms with van der Waals surface area (Å²) in [5, 5.41) is 8.79. The van der Waals surface area contributed by atoms with Gasteiger partial charge in [-0.15, -0.1) is 0 Å². The van der Waals surface area contributed by atoms with E-state index in [0.717, 1.165) is 0 Å². The Bertz CT molecular complexity index is 389. The van der Waals surface area contributed by atoms with E-state index in [1.54, 1.807) is 18.3 Å². The zero-order chi connectivity index (χ0) is 9.14. The second-order valence-electron chi connectivity index (χ2n) is 2.24. The van der Waals surface area contributed by atoms with Gasteiger partial charge < -0.3 is 4.57 Å². The first-order valence-electron chi connectivity index (χ1n) is 3.49. The molecule has 0 atom stereocenters. The maximum Gasteiger partial charge on any atom is 0.269 e. The third kappa shape index (κ3) is 1.34. The number of hydrogen-bond acceptors (Lipinski definition) is 2. The summed E-state index contributed by atoms with van der Waals surface area (Å²) in [5.74, 6) is 0. The smallest absolute Gasteiger partial charge is 0.269 e. The lowest BCUT2D eigenvalue weighted by atomic mass is 10.3. The topological polar surface area (TPSA) is 45.8 Å². The first-order valence-corrected chi connectivity index (χ1v) is 3.87. The average molecular weight is 183 g/mol. The standard InChI is InChI=1S/C8H7ClN2O/c1-2-11-4-3-7(9)6(5-10)8(11)12/h3-4H,2H2,1H3. The fourth-order valence-corrected chi connectivity index (χ4v) is 1.08. The Morgan fingerprint density at radius 1 is 1.75 bits per heavy atom. The normalized spacial score (nSPS) is 9.42. The van der Waals surface area contributed by atoms with Gasteiger partial charge in [-0.3, -0.25) is 4.79 Å². The lowest BCUT2D eigenvalue weighted by Gasteiger charge is -2.01. The van der Waals surface area contributed by atoms with Crippen LogP contribution in [0.4, 0.5) is 0 Å². The van der Waals surface area contributed by atoms with E-state index in [9.17, 15) is 4.79 Å². The molecular weight excluding hydrogens is 176 g/mol. The van der Waals surface area contributed by atoms with Crippen LogP contribution in [0.15, 0.2) is 17.1 Å². The summed E-state index contributed by atoms with van der Waals surface area (Å²) in [7, 11) is 0. The van der Waals surface area contributed by atoms with Crippen molar-refractivity contribution in [2.45, 2.75) is 13.5 Å². The molecule has 0 spiro atoms. The molecule has 0 aliphatic heterocycles. The summed E-state index contributed by atoms with van der Waals surface area (Å²) in [6.07, 6.45) is 1.57. The molecule has 0 fully saturated rings. The minimum absolute atomic E-state index is 0.0148. The van der Waals surface area contributed by atoms with Crippen molar-refractivity contribution in [3.05, 3.63) is 33.2 Å². The van der Waals surface area contributed by atoms with Gasteiger partial charge in [0.15, 0.2) is 0 Å². The van der Waals surface area contributed by atoms with E-state index in [1.807, 2.05) is 6.92 Å². The van der Waals surface area contributed by atoms with E-state index in [0.29, 0.717) is 6.54 Å². The largest absolute Gasteiger partial charge is 0.315 e. The van der Waals surface area contributed by atoms with E-state index in [4.69, 9.17) is 16.9 Å². The lowest BCUT2D eigenvalue weighted by molar-refractivity contribution is 0.725. The molecule has 0 aliphatic rings. The van der Waals surface area contributed by atoms with Crippen LogP contribution in [0.1, 0.15) is 12.5 Å². The van der Waals surface area contributed by atoms with E-state index in [1.165, 1.54) is 4.57 Å². The second kappa shape index (κ2) is 3.42. The number of hydrogen-bond donors (Lipinski definition) is 0. The highest BCUT2D eigenvalue weighted by Gasteiger charge is 2.05. The number of halogens is 1. The van der Waals surface area contributed by atoms with Crippen LogP contribution < -0.4 is 5.56 Å². The molecule has 4 heteroatoms. The van der Waals surface area contributed by atoms with E-state index in [2.05, 4.69) is 0 Å². The summed E-state index contributed by atoms with van der Waals surface area (Å²) < 4.78 is 1.43. The van der Waals surface area contributed by atoms with Crippen LogP contribution in [0.5, 0.6) is 0 Å². The van der Waals surface area contributed by atoms with Crippen molar-refractivity contribution >= 4 is 11.6 Å². The molecule has 1 heterocycles. The quantitative estimate of drug-likeness (QED) is 0.659. The summed E-state index contributed by atoms with van der Waals surface area (Å²) in [4.78, 5) is 11.3. The van der Waals surface area contributed by atoms with E-state index in [-0.39, 0.29) is 16.1 Å². The molecule has 0 aromatic carbocycles. The van der Waals surface area contributed by atoms with E-state index < -0.39 is 0 Å². The van der Waals surface area contributed by atoms with Crippen LogP contribution in [0.25, 0.3) is 0 Å². The number of nitriles is 1. The molecule has 0 N–H and O–H groups in total. The average Bonchev–Trinajstić information content (AvgIpc) is 2.06. The Hall–Kier alpha value is -1.27. The summed E-state index contributed by atoms with van der Waals surface area (Å²) >= 11 is 5.62. The molecule has 0 amide bonds. The van der Waals surface area contributed by atoms with Crippen LogP contribution in [0, 0.1) is 11.3 Å². The number of rotatable bonds is 1. The van der Waals surface area contributed by atoms with Gasteiger partial charge in [-0.05, 0) is 13.0 Å². The van der Waals surface area contributed by atoms with Crippen molar-refractivity contribution in [2.24, 2.45) is 0 Å². The molecule has 0 saturated carbocycles. The van der Waals surface area contributed by atoms with Gasteiger partial charge in [0.05, 0.1) is 5.02 Å². The zero-order valence-electron chi connectivity index (χ0n) is 6.54. The first kappa shape index (κ1) is 8.82. The SMILES string of the molecule is CCn1ccc(Cl)c(C#N)c1=O. The molecule has 1 aromatic heterocycles. The minimum Gasteiger partial charge on any atom is -0.315 e. The summed E-state index contributed by atoms with van der Waals surface area (Å²) in [6, 6.07) is 3.32. The van der Waals surface area contributed by atoms with Crippen LogP contribution in [0.2, 0.25) is 5.02 Å². The highest BCUT2D eigenvalue weighted by molar-refractivity contribution is 6.31. The Kier molecular flexibility index (Phi) is 2.51. The van der Waals surface area contributed by atoms with Gasteiger partial charge in [-0.2, -0.15) is 5.26 Å². The van der Waals surface area contributed by atoms with Gasteiger partial charge in [-0.1, -0.05) is 11.6 Å². The molecule has 0 aliphatic carbocycles. The molecule has 0 radical (unpaired) electrons. The fourth-order valence-electron chi connectivity index (χ4n) is 0.902. The lowest BCUT2D eigenvalue weighted by Crippen LogP contribution is -2.21. The van der Waals surface area contributed by atoms with Crippen molar-refractivity contribution in [3.8, 4) is 6.07 Å². The van der Waals surface area contributed by atoms with Crippen molar-refractivity contribution < 1.29 is 0 Å². The van der Waals surface area contributed by atoms with Gasteiger partial charge in [0.1, 0.15) is 11.6 Å². The Morgan fingerprint density at radius 2 is 2.42 bits per heavy atom. The Labute approximate surface area is 74.8 Å². The van der Waals surface area contributed by atoms with Crippen LogP contribution in [-0.4, -0.2) is 4.57 Å². The summed E-state index contributed by atoms with van der Waals surface area (Å²) in [6.45, 7) is 2.38. The molecule has 1 rings (SSSR count). The highest BCUT2D eigenvalue weighted by Crippen LogP contribution is 2.08. The zero-order valence-corrected chi connectivity index (χ0v) is 7.30. The summed E-state index contributed by atoms with van der Waals surface area (Å²) in [5.41, 5.74) is -0.312. The predicted molar refractivity (Wildman–Crippen MR) is 46.1 cm³/mol. The first-order chi connectivity index (χ1) is 5.70. The second-order valence-corrected chi connectivity index (χ2v) is 2.65. The van der Waals surface area contributed by atoms with Gasteiger partial charge in [0.2, 0.25) is 0 Å². The van der Waals surface area contributed by atoms with Crippen molar-refractivity contribution in [3.63, 3.8) is 0 Å². The van der Waals surface area contributed by atoms with Crippen LogP contribution in [0.3, 0.4) is 0 Å². The molecule has 12 heavy (non-hydrogen) atoms. The molecular formula is C8H7ClN2O. The predicted octanol–water partition coefficient (Wildman–Crippen LogP) is 1.39. The monoisotopic (exact) mass is 182 g/mol. The molecule has 62 valence electrons. The molecule has 1 aromatic rings. The molecule has 3 nitrogen and oxygen atoms in total. The number of pyridine rings is 1. The molecule has 0 unspecified atom stereocenters. The minimum atomic E-state index is -0.326. The number of nitrogens with zero attached hydrogens (tertiary/aromatic N) is 2. The van der Waals surface area contributed by atoms with Gasteiger partial charge in [0, 0.05) is 12.7 Å². The Balaban J connectivity index is 3.48. The maximum absolute atomic E-state index is 11.3. The van der Waals surface area contributed by atoms with Gasteiger partial charge in [-0.25, -0.2) is 0 Å². The van der Waals surface area contributed by atoms with Crippen LogP contribution >= 0.6 is 11.6 Å². The van der Waals surface area contributed by atoms with E-state index >= 15 is 0 Å². The van der Waals surface area contributed by atoms with Crippen LogP contribution in [-0.2, 0) is 6.54 Å². The number of aryl methyl sites for hydroxylation is 1.